The van der Waals surface area contributed by atoms with E-state index in [0.717, 1.165) is 47.5 Å². The van der Waals surface area contributed by atoms with Gasteiger partial charge >= 0.3 is 0 Å². The highest BCUT2D eigenvalue weighted by atomic mass is 16.5. The lowest BCUT2D eigenvalue weighted by Gasteiger charge is -2.29. The Balaban J connectivity index is 1.50. The summed E-state index contributed by atoms with van der Waals surface area (Å²) < 4.78 is 5.41. The van der Waals surface area contributed by atoms with Crippen molar-refractivity contribution >= 4 is 11.6 Å². The normalized spacial score (nSPS) is 15.6. The number of benzene rings is 3. The highest BCUT2D eigenvalue weighted by Crippen LogP contribution is 2.32. The Morgan fingerprint density at radius 2 is 1.86 bits per heavy atom. The van der Waals surface area contributed by atoms with Crippen molar-refractivity contribution in [2.45, 2.75) is 52.1 Å². The number of carbonyl (C=O) groups is 1. The first-order chi connectivity index (χ1) is 16.7. The molecule has 0 aliphatic carbocycles. The molecule has 0 unspecified atom stereocenters. The van der Waals surface area contributed by atoms with Crippen LogP contribution in [0.4, 0.5) is 5.69 Å². The Morgan fingerprint density at radius 3 is 2.54 bits per heavy atom. The van der Waals surface area contributed by atoms with Crippen LogP contribution in [-0.2, 0) is 17.6 Å². The van der Waals surface area contributed by atoms with Gasteiger partial charge in [-0.2, -0.15) is 0 Å². The van der Waals surface area contributed by atoms with Gasteiger partial charge in [0.15, 0.2) is 0 Å². The van der Waals surface area contributed by atoms with Crippen LogP contribution in [0.15, 0.2) is 48.5 Å². The van der Waals surface area contributed by atoms with Crippen molar-refractivity contribution in [2.75, 3.05) is 19.0 Å². The van der Waals surface area contributed by atoms with Gasteiger partial charge in [-0.15, -0.1) is 0 Å². The number of aryl methyl sites for hydroxylation is 3. The summed E-state index contributed by atoms with van der Waals surface area (Å²) in [5.74, 6) is 0.925. The standard InChI is InChI=1S/C29H35N3O3/c1-17-11-22(33)7-6-21(17)16-26(30)29(34)32-28-9-10-31-27-8-5-20(15-25(27)28)14-24-18(2)12-23(35-4)13-19(24)3/h5-8,11-13,15,26,28,31,33H,9-10,14,16,30H2,1-4H3,(H,32,34)/t26-,28+/m0/s1. The maximum Gasteiger partial charge on any atom is 0.237 e. The molecule has 3 aromatic carbocycles. The van der Waals surface area contributed by atoms with E-state index in [1.165, 1.54) is 22.3 Å². The number of methoxy groups -OCH3 is 1. The average Bonchev–Trinajstić information content (AvgIpc) is 2.83. The fourth-order valence-electron chi connectivity index (χ4n) is 4.90. The van der Waals surface area contributed by atoms with E-state index in [4.69, 9.17) is 10.5 Å². The van der Waals surface area contributed by atoms with Gasteiger partial charge in [0.25, 0.3) is 0 Å². The van der Waals surface area contributed by atoms with Gasteiger partial charge in [-0.25, -0.2) is 0 Å². The van der Waals surface area contributed by atoms with Crippen molar-refractivity contribution in [3.8, 4) is 11.5 Å². The lowest BCUT2D eigenvalue weighted by molar-refractivity contribution is -0.123. The number of phenolic OH excluding ortho intramolecular Hbond substituents is 1. The molecule has 6 heteroatoms. The van der Waals surface area contributed by atoms with Gasteiger partial charge in [0.1, 0.15) is 11.5 Å². The molecule has 4 rings (SSSR count). The van der Waals surface area contributed by atoms with Crippen LogP contribution in [0.3, 0.4) is 0 Å². The Kier molecular flexibility index (Phi) is 7.31. The Morgan fingerprint density at radius 1 is 1.11 bits per heavy atom. The van der Waals surface area contributed by atoms with E-state index in [1.54, 1.807) is 19.2 Å². The first kappa shape index (κ1) is 24.6. The molecule has 0 radical (unpaired) electrons. The third-order valence-electron chi connectivity index (χ3n) is 6.95. The maximum atomic E-state index is 13.0. The van der Waals surface area contributed by atoms with Crippen molar-refractivity contribution < 1.29 is 14.6 Å². The van der Waals surface area contributed by atoms with Gasteiger partial charge < -0.3 is 26.2 Å². The Bertz CT molecular complexity index is 1210. The minimum Gasteiger partial charge on any atom is -0.508 e. The topological polar surface area (TPSA) is 96.6 Å². The molecule has 0 bridgehead atoms. The highest BCUT2D eigenvalue weighted by molar-refractivity contribution is 5.82. The molecule has 2 atom stereocenters. The summed E-state index contributed by atoms with van der Waals surface area (Å²) in [4.78, 5) is 13.0. The van der Waals surface area contributed by atoms with Crippen molar-refractivity contribution in [1.82, 2.24) is 5.32 Å². The van der Waals surface area contributed by atoms with Crippen molar-refractivity contribution in [1.29, 1.82) is 0 Å². The van der Waals surface area contributed by atoms with Crippen LogP contribution in [0.5, 0.6) is 11.5 Å². The van der Waals surface area contributed by atoms with Crippen LogP contribution in [0.25, 0.3) is 0 Å². The van der Waals surface area contributed by atoms with E-state index in [0.29, 0.717) is 6.42 Å². The quantitative estimate of drug-likeness (QED) is 0.406. The number of hydrogen-bond acceptors (Lipinski definition) is 5. The Hall–Kier alpha value is -3.51. The molecule has 0 saturated heterocycles. The summed E-state index contributed by atoms with van der Waals surface area (Å²) >= 11 is 0. The van der Waals surface area contributed by atoms with Gasteiger partial charge in [0.05, 0.1) is 19.2 Å². The second-order valence-electron chi connectivity index (χ2n) is 9.54. The van der Waals surface area contributed by atoms with E-state index in [9.17, 15) is 9.90 Å². The van der Waals surface area contributed by atoms with Gasteiger partial charge in [0, 0.05) is 12.2 Å². The minimum atomic E-state index is -0.663. The van der Waals surface area contributed by atoms with Crippen molar-refractivity contribution in [3.05, 3.63) is 87.5 Å². The molecule has 35 heavy (non-hydrogen) atoms. The summed E-state index contributed by atoms with van der Waals surface area (Å²) in [6.45, 7) is 6.94. The van der Waals surface area contributed by atoms with E-state index in [1.807, 2.05) is 13.0 Å². The maximum absolute atomic E-state index is 13.0. The molecule has 5 N–H and O–H groups in total. The number of phenols is 1. The number of anilines is 1. The first-order valence-electron chi connectivity index (χ1n) is 12.1. The highest BCUT2D eigenvalue weighted by Gasteiger charge is 2.25. The molecule has 1 amide bonds. The second-order valence-corrected chi connectivity index (χ2v) is 9.54. The largest absolute Gasteiger partial charge is 0.508 e. The van der Waals surface area contributed by atoms with Gasteiger partial charge in [0.2, 0.25) is 5.91 Å². The van der Waals surface area contributed by atoms with Crippen LogP contribution in [-0.4, -0.2) is 30.7 Å². The zero-order chi connectivity index (χ0) is 25.1. The minimum absolute atomic E-state index is 0.0938. The molecular formula is C29H35N3O3. The van der Waals surface area contributed by atoms with Crippen molar-refractivity contribution in [3.63, 3.8) is 0 Å². The third-order valence-corrected chi connectivity index (χ3v) is 6.95. The van der Waals surface area contributed by atoms with Crippen LogP contribution in [0.1, 0.15) is 51.4 Å². The fraction of sp³-hybridized carbons (Fsp3) is 0.345. The molecule has 3 aromatic rings. The van der Waals surface area contributed by atoms with Crippen molar-refractivity contribution in [2.24, 2.45) is 5.73 Å². The summed E-state index contributed by atoms with van der Waals surface area (Å²) in [5.41, 5.74) is 15.2. The lowest BCUT2D eigenvalue weighted by Crippen LogP contribution is -2.44. The fourth-order valence-corrected chi connectivity index (χ4v) is 4.90. The number of ether oxygens (including phenoxy) is 1. The van der Waals surface area contributed by atoms with Gasteiger partial charge in [-0.05, 0) is 109 Å². The molecule has 1 aliphatic rings. The van der Waals surface area contributed by atoms with E-state index >= 15 is 0 Å². The van der Waals surface area contributed by atoms with Crippen LogP contribution in [0, 0.1) is 20.8 Å². The molecule has 1 heterocycles. The first-order valence-corrected chi connectivity index (χ1v) is 12.1. The molecule has 6 nitrogen and oxygen atoms in total. The summed E-state index contributed by atoms with van der Waals surface area (Å²) in [6, 6.07) is 15.0. The lowest BCUT2D eigenvalue weighted by atomic mass is 9.91. The number of nitrogens with two attached hydrogens (primary N) is 1. The number of hydrogen-bond donors (Lipinski definition) is 4. The summed E-state index contributed by atoms with van der Waals surface area (Å²) in [7, 11) is 1.69. The van der Waals surface area contributed by atoms with Gasteiger partial charge in [-0.1, -0.05) is 18.2 Å². The smallest absolute Gasteiger partial charge is 0.237 e. The van der Waals surface area contributed by atoms with E-state index < -0.39 is 6.04 Å². The second kappa shape index (κ2) is 10.4. The molecular weight excluding hydrogens is 438 g/mol. The number of nitrogens with one attached hydrogen (secondary N) is 2. The number of fused-ring (bicyclic) bond motifs is 1. The number of aromatic hydroxyl groups is 1. The van der Waals surface area contributed by atoms with E-state index in [2.05, 4.69) is 54.8 Å². The summed E-state index contributed by atoms with van der Waals surface area (Å²) in [5, 5.41) is 16.3. The molecule has 0 fully saturated rings. The zero-order valence-corrected chi connectivity index (χ0v) is 20.9. The molecule has 184 valence electrons. The van der Waals surface area contributed by atoms with E-state index in [-0.39, 0.29) is 17.7 Å². The number of amides is 1. The third kappa shape index (κ3) is 5.60. The van der Waals surface area contributed by atoms with Crippen LogP contribution >= 0.6 is 0 Å². The predicted molar refractivity (Wildman–Crippen MR) is 140 cm³/mol. The molecule has 1 aliphatic heterocycles. The molecule has 0 saturated carbocycles. The Labute approximate surface area is 207 Å². The van der Waals surface area contributed by atoms with Gasteiger partial charge in [-0.3, -0.25) is 4.79 Å². The number of carbonyl (C=O) groups excluding carboxylic acids is 1. The predicted octanol–water partition coefficient (Wildman–Crippen LogP) is 4.46. The number of rotatable bonds is 7. The average molecular weight is 474 g/mol. The monoisotopic (exact) mass is 473 g/mol. The molecule has 0 aromatic heterocycles. The van der Waals surface area contributed by atoms with Crippen LogP contribution in [0.2, 0.25) is 0 Å². The molecule has 0 spiro atoms. The SMILES string of the molecule is COc1cc(C)c(Cc2ccc3c(c2)[C@H](NC(=O)[C@@H](N)Cc2ccc(O)cc2C)CCN3)c(C)c1. The summed E-state index contributed by atoms with van der Waals surface area (Å²) in [6.07, 6.45) is 2.04. The van der Waals surface area contributed by atoms with Crippen LogP contribution < -0.4 is 21.1 Å². The zero-order valence-electron chi connectivity index (χ0n) is 20.9.